The molecule has 0 fully saturated rings. The van der Waals surface area contributed by atoms with Gasteiger partial charge in [0.1, 0.15) is 17.3 Å². The molecule has 3 aromatic rings. The molecule has 7 heteroatoms. The van der Waals surface area contributed by atoms with E-state index in [-0.39, 0.29) is 17.9 Å². The second kappa shape index (κ2) is 7.61. The molecule has 0 aliphatic rings. The molecule has 1 amide bonds. The van der Waals surface area contributed by atoms with Crippen LogP contribution in [0.15, 0.2) is 54.7 Å². The number of aromatic amines is 1. The van der Waals surface area contributed by atoms with Gasteiger partial charge in [0.2, 0.25) is 0 Å². The SMILES string of the molecule is CC(Cc1c(F)cccc1F)NC(=O)c1c[nH]c(=S)n1-c1ccccc1. The number of imidazole rings is 1. The fraction of sp³-hybridized carbons (Fsp3) is 0.158. The minimum absolute atomic E-state index is 0.0424. The Kier molecular flexibility index (Phi) is 5.27. The lowest BCUT2D eigenvalue weighted by molar-refractivity contribution is 0.0932. The number of hydrogen-bond donors (Lipinski definition) is 2. The summed E-state index contributed by atoms with van der Waals surface area (Å²) in [7, 11) is 0. The van der Waals surface area contributed by atoms with Crippen molar-refractivity contribution in [2.24, 2.45) is 0 Å². The van der Waals surface area contributed by atoms with E-state index < -0.39 is 17.7 Å². The molecule has 2 N–H and O–H groups in total. The van der Waals surface area contributed by atoms with Crippen molar-refractivity contribution in [3.05, 3.63) is 82.4 Å². The smallest absolute Gasteiger partial charge is 0.270 e. The highest BCUT2D eigenvalue weighted by atomic mass is 32.1. The Labute approximate surface area is 154 Å². The summed E-state index contributed by atoms with van der Waals surface area (Å²) in [6, 6.07) is 12.5. The highest BCUT2D eigenvalue weighted by Crippen LogP contribution is 2.16. The molecule has 0 saturated heterocycles. The quantitative estimate of drug-likeness (QED) is 0.660. The molecular formula is C19H17F2N3OS. The van der Waals surface area contributed by atoms with E-state index in [0.717, 1.165) is 5.69 Å². The lowest BCUT2D eigenvalue weighted by Gasteiger charge is -2.16. The lowest BCUT2D eigenvalue weighted by atomic mass is 10.1. The maximum Gasteiger partial charge on any atom is 0.270 e. The molecule has 1 unspecified atom stereocenters. The zero-order valence-corrected chi connectivity index (χ0v) is 14.8. The number of H-pyrrole nitrogens is 1. The molecule has 0 radical (unpaired) electrons. The number of rotatable bonds is 5. The predicted octanol–water partition coefficient (Wildman–Crippen LogP) is 4.17. The van der Waals surface area contributed by atoms with Crippen molar-refractivity contribution < 1.29 is 13.6 Å². The van der Waals surface area contributed by atoms with Crippen LogP contribution in [0.25, 0.3) is 5.69 Å². The van der Waals surface area contributed by atoms with E-state index in [1.807, 2.05) is 30.3 Å². The van der Waals surface area contributed by atoms with Crippen LogP contribution in [0.1, 0.15) is 23.0 Å². The van der Waals surface area contributed by atoms with Crippen molar-refractivity contribution in [3.63, 3.8) is 0 Å². The van der Waals surface area contributed by atoms with Crippen LogP contribution in [0.3, 0.4) is 0 Å². The van der Waals surface area contributed by atoms with Crippen LogP contribution < -0.4 is 5.32 Å². The standard InChI is InChI=1S/C19H17F2N3OS/c1-12(10-14-15(20)8-5-9-16(14)21)23-18(25)17-11-22-19(26)24(17)13-6-3-2-4-7-13/h2-9,11-12H,10H2,1H3,(H,22,26)(H,23,25). The summed E-state index contributed by atoms with van der Waals surface area (Å²) in [4.78, 5) is 15.5. The van der Waals surface area contributed by atoms with Crippen molar-refractivity contribution in [2.75, 3.05) is 0 Å². The van der Waals surface area contributed by atoms with E-state index >= 15 is 0 Å². The summed E-state index contributed by atoms with van der Waals surface area (Å²) in [5, 5.41) is 2.76. The maximum atomic E-state index is 13.8. The van der Waals surface area contributed by atoms with Gasteiger partial charge in [-0.15, -0.1) is 0 Å². The Morgan fingerprint density at radius 1 is 1.15 bits per heavy atom. The van der Waals surface area contributed by atoms with Crippen molar-refractivity contribution in [3.8, 4) is 5.69 Å². The van der Waals surface area contributed by atoms with E-state index in [4.69, 9.17) is 12.2 Å². The number of nitrogens with one attached hydrogen (secondary N) is 2. The van der Waals surface area contributed by atoms with Crippen LogP contribution in [0.2, 0.25) is 0 Å². The van der Waals surface area contributed by atoms with Gasteiger partial charge in [-0.1, -0.05) is 24.3 Å². The van der Waals surface area contributed by atoms with Crippen LogP contribution >= 0.6 is 12.2 Å². The van der Waals surface area contributed by atoms with Gasteiger partial charge in [-0.25, -0.2) is 8.78 Å². The van der Waals surface area contributed by atoms with Crippen LogP contribution in [0, 0.1) is 16.4 Å². The molecule has 3 rings (SSSR count). The number of para-hydroxylation sites is 1. The first kappa shape index (κ1) is 18.0. The first-order valence-corrected chi connectivity index (χ1v) is 8.48. The molecular weight excluding hydrogens is 356 g/mol. The van der Waals surface area contributed by atoms with E-state index in [2.05, 4.69) is 10.3 Å². The van der Waals surface area contributed by atoms with Crippen molar-refractivity contribution in [1.82, 2.24) is 14.9 Å². The van der Waals surface area contributed by atoms with E-state index in [1.165, 1.54) is 24.4 Å². The van der Waals surface area contributed by atoms with Crippen LogP contribution in [0.5, 0.6) is 0 Å². The number of halogens is 2. The number of carbonyl (C=O) groups is 1. The number of hydrogen-bond acceptors (Lipinski definition) is 2. The highest BCUT2D eigenvalue weighted by Gasteiger charge is 2.18. The average molecular weight is 373 g/mol. The molecule has 4 nitrogen and oxygen atoms in total. The first-order valence-electron chi connectivity index (χ1n) is 8.07. The zero-order valence-electron chi connectivity index (χ0n) is 14.0. The van der Waals surface area contributed by atoms with Crippen molar-refractivity contribution >= 4 is 18.1 Å². The van der Waals surface area contributed by atoms with Gasteiger partial charge in [-0.2, -0.15) is 0 Å². The first-order chi connectivity index (χ1) is 12.5. The Morgan fingerprint density at radius 2 is 1.81 bits per heavy atom. The molecule has 1 atom stereocenters. The molecule has 0 bridgehead atoms. The molecule has 1 heterocycles. The van der Waals surface area contributed by atoms with Crippen LogP contribution in [-0.4, -0.2) is 21.5 Å². The third kappa shape index (κ3) is 3.72. The van der Waals surface area contributed by atoms with Crippen molar-refractivity contribution in [2.45, 2.75) is 19.4 Å². The lowest BCUT2D eigenvalue weighted by Crippen LogP contribution is -2.35. The van der Waals surface area contributed by atoms with Gasteiger partial charge in [0.25, 0.3) is 5.91 Å². The van der Waals surface area contributed by atoms with Crippen molar-refractivity contribution in [1.29, 1.82) is 0 Å². The summed E-state index contributed by atoms with van der Waals surface area (Å²) in [5.74, 6) is -1.63. The number of aromatic nitrogens is 2. The molecule has 0 aliphatic heterocycles. The molecule has 0 aliphatic carbocycles. The van der Waals surface area contributed by atoms with Gasteiger partial charge in [0, 0.05) is 23.5 Å². The summed E-state index contributed by atoms with van der Waals surface area (Å²) >= 11 is 5.26. The number of amides is 1. The Hall–Kier alpha value is -2.80. The average Bonchev–Trinajstić information content (AvgIpc) is 3.01. The third-order valence-electron chi connectivity index (χ3n) is 3.97. The van der Waals surface area contributed by atoms with E-state index in [1.54, 1.807) is 11.5 Å². The van der Waals surface area contributed by atoms with Crippen LogP contribution in [-0.2, 0) is 6.42 Å². The fourth-order valence-corrected chi connectivity index (χ4v) is 3.01. The summed E-state index contributed by atoms with van der Waals surface area (Å²) in [5.41, 5.74) is 1.02. The summed E-state index contributed by atoms with van der Waals surface area (Å²) in [6.07, 6.45) is 1.56. The van der Waals surface area contributed by atoms with E-state index in [0.29, 0.717) is 10.5 Å². The van der Waals surface area contributed by atoms with Gasteiger partial charge < -0.3 is 10.3 Å². The van der Waals surface area contributed by atoms with Gasteiger partial charge >= 0.3 is 0 Å². The number of benzene rings is 2. The van der Waals surface area contributed by atoms with E-state index in [9.17, 15) is 13.6 Å². The fourth-order valence-electron chi connectivity index (χ4n) is 2.75. The summed E-state index contributed by atoms with van der Waals surface area (Å²) < 4.78 is 29.6. The second-order valence-electron chi connectivity index (χ2n) is 5.93. The molecule has 134 valence electrons. The maximum absolute atomic E-state index is 13.8. The monoisotopic (exact) mass is 373 g/mol. The number of carbonyl (C=O) groups excluding carboxylic acids is 1. The number of nitrogens with zero attached hydrogens (tertiary/aromatic N) is 1. The molecule has 2 aromatic carbocycles. The topological polar surface area (TPSA) is 49.8 Å². The Bertz CT molecular complexity index is 962. The third-order valence-corrected chi connectivity index (χ3v) is 4.27. The van der Waals surface area contributed by atoms with Gasteiger partial charge in [-0.05, 0) is 49.8 Å². The van der Waals surface area contributed by atoms with Gasteiger partial charge in [-0.3, -0.25) is 9.36 Å². The largest absolute Gasteiger partial charge is 0.348 e. The predicted molar refractivity (Wildman–Crippen MR) is 97.9 cm³/mol. The zero-order chi connectivity index (χ0) is 18.7. The minimum atomic E-state index is -0.625. The second-order valence-corrected chi connectivity index (χ2v) is 6.32. The molecule has 0 saturated carbocycles. The molecule has 26 heavy (non-hydrogen) atoms. The molecule has 1 aromatic heterocycles. The van der Waals surface area contributed by atoms with Gasteiger partial charge in [0.15, 0.2) is 4.77 Å². The summed E-state index contributed by atoms with van der Waals surface area (Å²) in [6.45, 7) is 1.69. The van der Waals surface area contributed by atoms with Gasteiger partial charge in [0.05, 0.1) is 0 Å². The highest BCUT2D eigenvalue weighted by molar-refractivity contribution is 7.71. The molecule has 0 spiro atoms. The minimum Gasteiger partial charge on any atom is -0.348 e. The Balaban J connectivity index is 1.80. The Morgan fingerprint density at radius 3 is 2.46 bits per heavy atom. The normalized spacial score (nSPS) is 12.0. The van der Waals surface area contributed by atoms with Crippen LogP contribution in [0.4, 0.5) is 8.78 Å².